The number of benzene rings is 2. The average Bonchev–Trinajstić information content (AvgIpc) is 2.53. The van der Waals surface area contributed by atoms with Crippen LogP contribution < -0.4 is 20.7 Å². The van der Waals surface area contributed by atoms with Crippen LogP contribution in [-0.2, 0) is 13.1 Å². The molecular formula is C15H16B2N2O4. The molecule has 2 bridgehead atoms. The summed E-state index contributed by atoms with van der Waals surface area (Å²) in [6, 6.07) is 10.9. The first-order chi connectivity index (χ1) is 11.0. The number of rotatable bonds is 2. The fraction of sp³-hybridized carbons (Fsp3) is 0.200. The van der Waals surface area contributed by atoms with Gasteiger partial charge < -0.3 is 29.9 Å². The van der Waals surface area contributed by atoms with Gasteiger partial charge in [-0.2, -0.15) is 0 Å². The van der Waals surface area contributed by atoms with Crippen molar-refractivity contribution in [2.45, 2.75) is 13.1 Å². The summed E-state index contributed by atoms with van der Waals surface area (Å²) in [4.78, 5) is 4.39. The van der Waals surface area contributed by atoms with Gasteiger partial charge in [-0.1, -0.05) is 24.3 Å². The van der Waals surface area contributed by atoms with E-state index < -0.39 is 14.2 Å². The minimum atomic E-state index is -1.46. The molecule has 0 aliphatic carbocycles. The first-order valence-electron chi connectivity index (χ1n) is 7.51. The maximum Gasteiger partial charge on any atom is 0.488 e. The third kappa shape index (κ3) is 2.40. The normalized spacial score (nSPS) is 15.1. The minimum absolute atomic E-state index is 0.491. The van der Waals surface area contributed by atoms with E-state index in [0.29, 0.717) is 24.0 Å². The lowest BCUT2D eigenvalue weighted by molar-refractivity contribution is 0.424. The van der Waals surface area contributed by atoms with E-state index in [0.717, 1.165) is 29.2 Å². The number of hydrogen-bond acceptors (Lipinski definition) is 6. The molecule has 0 unspecified atom stereocenters. The van der Waals surface area contributed by atoms with Gasteiger partial charge in [0, 0.05) is 24.5 Å². The van der Waals surface area contributed by atoms with Crippen LogP contribution in [0.2, 0.25) is 0 Å². The molecule has 23 heavy (non-hydrogen) atoms. The lowest BCUT2D eigenvalue weighted by Crippen LogP contribution is -2.47. The highest BCUT2D eigenvalue weighted by atomic mass is 16.4. The molecule has 0 spiro atoms. The Morgan fingerprint density at radius 3 is 1.52 bits per heavy atom. The van der Waals surface area contributed by atoms with Crippen LogP contribution in [0.4, 0.5) is 11.4 Å². The second-order valence-corrected chi connectivity index (χ2v) is 6.06. The van der Waals surface area contributed by atoms with E-state index in [1.165, 1.54) is 0 Å². The summed E-state index contributed by atoms with van der Waals surface area (Å²) in [6.07, 6.45) is 0. The monoisotopic (exact) mass is 310 g/mol. The largest absolute Gasteiger partial charge is 0.488 e. The smallest absolute Gasteiger partial charge is 0.423 e. The second kappa shape index (κ2) is 5.28. The van der Waals surface area contributed by atoms with Crippen molar-refractivity contribution in [1.29, 1.82) is 0 Å². The summed E-state index contributed by atoms with van der Waals surface area (Å²) in [6.45, 7) is 2.13. The van der Waals surface area contributed by atoms with Crippen molar-refractivity contribution in [3.05, 3.63) is 47.5 Å². The van der Waals surface area contributed by atoms with Crippen LogP contribution in [0.3, 0.4) is 0 Å². The zero-order valence-electron chi connectivity index (χ0n) is 12.4. The Bertz CT molecular complexity index is 706. The Morgan fingerprint density at radius 2 is 1.13 bits per heavy atom. The molecule has 0 saturated carbocycles. The lowest BCUT2D eigenvalue weighted by Gasteiger charge is -2.45. The van der Waals surface area contributed by atoms with E-state index in [9.17, 15) is 20.1 Å². The quantitative estimate of drug-likeness (QED) is 0.497. The van der Waals surface area contributed by atoms with Crippen molar-refractivity contribution < 1.29 is 20.1 Å². The topological polar surface area (TPSA) is 87.4 Å². The van der Waals surface area contributed by atoms with Gasteiger partial charge in [-0.25, -0.2) is 0 Å². The van der Waals surface area contributed by atoms with E-state index in [4.69, 9.17) is 0 Å². The fourth-order valence-corrected chi connectivity index (χ4v) is 3.44. The standard InChI is InChI=1S/C15H16B2N2O4/c20-16(21)12-1-3-14-10(5-12)7-19-9-18(14)8-11-6-13(17(22)23)2-4-15(11)19/h1-6,20-23H,7-9H2. The van der Waals surface area contributed by atoms with Crippen molar-refractivity contribution in [3.63, 3.8) is 0 Å². The van der Waals surface area contributed by atoms with Gasteiger partial charge >= 0.3 is 14.2 Å². The molecule has 6 nitrogen and oxygen atoms in total. The van der Waals surface area contributed by atoms with Gasteiger partial charge in [0.25, 0.3) is 0 Å². The van der Waals surface area contributed by atoms with Crippen molar-refractivity contribution in [3.8, 4) is 0 Å². The molecule has 0 radical (unpaired) electrons. The fourth-order valence-electron chi connectivity index (χ4n) is 3.44. The summed E-state index contributed by atoms with van der Waals surface area (Å²) in [5.41, 5.74) is 5.24. The molecule has 2 aromatic rings. The third-order valence-electron chi connectivity index (χ3n) is 4.55. The van der Waals surface area contributed by atoms with Crippen molar-refractivity contribution in [2.24, 2.45) is 0 Å². The first kappa shape index (κ1) is 14.6. The van der Waals surface area contributed by atoms with Crippen molar-refractivity contribution >= 4 is 36.5 Å². The highest BCUT2D eigenvalue weighted by Gasteiger charge is 2.30. The third-order valence-corrected chi connectivity index (χ3v) is 4.55. The molecule has 0 amide bonds. The minimum Gasteiger partial charge on any atom is -0.423 e. The molecule has 4 N–H and O–H groups in total. The van der Waals surface area contributed by atoms with Crippen LogP contribution in [-0.4, -0.2) is 41.0 Å². The van der Waals surface area contributed by atoms with E-state index in [1.807, 2.05) is 24.3 Å². The molecule has 0 saturated heterocycles. The zero-order chi connectivity index (χ0) is 16.1. The molecule has 2 aliphatic heterocycles. The summed E-state index contributed by atoms with van der Waals surface area (Å²) in [7, 11) is -2.93. The van der Waals surface area contributed by atoms with E-state index in [-0.39, 0.29) is 0 Å². The molecule has 8 heteroatoms. The van der Waals surface area contributed by atoms with Gasteiger partial charge in [0.15, 0.2) is 0 Å². The van der Waals surface area contributed by atoms with Crippen molar-refractivity contribution in [2.75, 3.05) is 16.5 Å². The Kier molecular flexibility index (Phi) is 3.35. The van der Waals surface area contributed by atoms with Crippen LogP contribution in [0.5, 0.6) is 0 Å². The van der Waals surface area contributed by atoms with Gasteiger partial charge in [-0.3, -0.25) is 0 Å². The van der Waals surface area contributed by atoms with E-state index in [1.54, 1.807) is 12.1 Å². The predicted octanol–water partition coefficient (Wildman–Crippen LogP) is -1.66. The summed E-state index contributed by atoms with van der Waals surface area (Å²) < 4.78 is 0. The second-order valence-electron chi connectivity index (χ2n) is 6.06. The molecule has 0 atom stereocenters. The Morgan fingerprint density at radius 1 is 0.696 bits per heavy atom. The number of fused-ring (bicyclic) bond motifs is 6. The number of hydrogen-bond donors (Lipinski definition) is 4. The Hall–Kier alpha value is -1.99. The highest BCUT2D eigenvalue weighted by molar-refractivity contribution is 6.59. The maximum atomic E-state index is 9.35. The molecule has 116 valence electrons. The number of nitrogens with zero attached hydrogens (tertiary/aromatic N) is 2. The maximum absolute atomic E-state index is 9.35. The first-order valence-corrected chi connectivity index (χ1v) is 7.51. The summed E-state index contributed by atoms with van der Waals surface area (Å²) in [5, 5.41) is 37.4. The van der Waals surface area contributed by atoms with Gasteiger partial charge in [0.2, 0.25) is 0 Å². The average molecular weight is 310 g/mol. The lowest BCUT2D eigenvalue weighted by atomic mass is 9.78. The van der Waals surface area contributed by atoms with Crippen LogP contribution >= 0.6 is 0 Å². The summed E-state index contributed by atoms with van der Waals surface area (Å²) in [5.74, 6) is 0. The van der Waals surface area contributed by atoms with Gasteiger partial charge in [0.1, 0.15) is 0 Å². The molecule has 2 aliphatic rings. The van der Waals surface area contributed by atoms with E-state index in [2.05, 4.69) is 9.80 Å². The van der Waals surface area contributed by atoms with Gasteiger partial charge in [0.05, 0.1) is 6.67 Å². The highest BCUT2D eigenvalue weighted by Crippen LogP contribution is 2.36. The van der Waals surface area contributed by atoms with Crippen LogP contribution in [0.15, 0.2) is 36.4 Å². The molecule has 4 rings (SSSR count). The molecule has 2 heterocycles. The molecule has 0 fully saturated rings. The predicted molar refractivity (Wildman–Crippen MR) is 89.8 cm³/mol. The van der Waals surface area contributed by atoms with Crippen LogP contribution in [0, 0.1) is 0 Å². The number of anilines is 2. The summed E-state index contributed by atoms with van der Waals surface area (Å²) >= 11 is 0. The van der Waals surface area contributed by atoms with Crippen LogP contribution in [0.1, 0.15) is 11.1 Å². The zero-order valence-corrected chi connectivity index (χ0v) is 12.4. The van der Waals surface area contributed by atoms with Crippen LogP contribution in [0.25, 0.3) is 0 Å². The molecule has 2 aromatic carbocycles. The van der Waals surface area contributed by atoms with E-state index >= 15 is 0 Å². The van der Waals surface area contributed by atoms with Crippen molar-refractivity contribution in [1.82, 2.24) is 0 Å². The molecule has 0 aromatic heterocycles. The van der Waals surface area contributed by atoms with Gasteiger partial charge in [-0.05, 0) is 34.2 Å². The molecular weight excluding hydrogens is 294 g/mol. The SMILES string of the molecule is OB(O)c1ccc2c(c1)CN1CN2Cc2cc(B(O)O)ccc21. The Labute approximate surface area is 134 Å². The van der Waals surface area contributed by atoms with Gasteiger partial charge in [-0.15, -0.1) is 0 Å². The Balaban J connectivity index is 1.74.